The molecule has 0 aliphatic rings. The highest BCUT2D eigenvalue weighted by atomic mass is 16.5. The Balaban J connectivity index is 1.68. The molecule has 0 fully saturated rings. The van der Waals surface area contributed by atoms with Crippen LogP contribution in [0.2, 0.25) is 0 Å². The number of carbonyl (C=O) groups excluding carboxylic acids is 1. The number of benzene rings is 1. The summed E-state index contributed by atoms with van der Waals surface area (Å²) in [4.78, 5) is 12.1. The Bertz CT molecular complexity index is 990. The van der Waals surface area contributed by atoms with E-state index in [4.69, 9.17) is 13.9 Å². The summed E-state index contributed by atoms with van der Waals surface area (Å²) >= 11 is 0. The molecule has 3 aromatic rings. The predicted molar refractivity (Wildman–Crippen MR) is 103 cm³/mol. The summed E-state index contributed by atoms with van der Waals surface area (Å²) in [6.45, 7) is 3.99. The molecule has 0 aliphatic carbocycles. The van der Waals surface area contributed by atoms with Gasteiger partial charge in [-0.05, 0) is 43.7 Å². The van der Waals surface area contributed by atoms with E-state index < -0.39 is 5.91 Å². The van der Waals surface area contributed by atoms with Crippen LogP contribution in [0.4, 0.5) is 6.01 Å². The first-order valence-corrected chi connectivity index (χ1v) is 8.60. The van der Waals surface area contributed by atoms with Crippen LogP contribution in [0.25, 0.3) is 17.7 Å². The number of carbonyl (C=O) groups is 1. The molecule has 1 amide bonds. The smallest absolute Gasteiger partial charge is 0.322 e. The summed E-state index contributed by atoms with van der Waals surface area (Å²) < 4.78 is 17.7. The number of hydrogen-bond acceptors (Lipinski definition) is 7. The van der Waals surface area contributed by atoms with Gasteiger partial charge < -0.3 is 13.9 Å². The predicted octanol–water partition coefficient (Wildman–Crippen LogP) is 3.18. The maximum absolute atomic E-state index is 12.1. The Hall–Kier alpha value is -3.62. The second kappa shape index (κ2) is 8.38. The molecule has 0 saturated heterocycles. The molecule has 0 saturated carbocycles. The van der Waals surface area contributed by atoms with E-state index in [1.165, 1.54) is 6.08 Å². The SMILES string of the molecule is COc1ccc(C=CC(=O)Nc2nnc(-c3ccnn3C(C)C)o2)cc1OC. The van der Waals surface area contributed by atoms with Gasteiger partial charge in [0.15, 0.2) is 11.5 Å². The summed E-state index contributed by atoms with van der Waals surface area (Å²) in [6, 6.07) is 7.26. The number of ether oxygens (including phenoxy) is 2. The van der Waals surface area contributed by atoms with Crippen LogP contribution < -0.4 is 14.8 Å². The number of amides is 1. The number of aromatic nitrogens is 4. The first-order valence-electron chi connectivity index (χ1n) is 8.60. The van der Waals surface area contributed by atoms with Crippen molar-refractivity contribution in [2.75, 3.05) is 19.5 Å². The molecule has 146 valence electrons. The van der Waals surface area contributed by atoms with E-state index in [-0.39, 0.29) is 17.9 Å². The van der Waals surface area contributed by atoms with Crippen LogP contribution in [0.5, 0.6) is 11.5 Å². The van der Waals surface area contributed by atoms with Gasteiger partial charge in [0, 0.05) is 18.3 Å². The minimum Gasteiger partial charge on any atom is -0.493 e. The molecular formula is C19H21N5O4. The van der Waals surface area contributed by atoms with Gasteiger partial charge in [0.25, 0.3) is 11.8 Å². The Morgan fingerprint density at radius 1 is 1.18 bits per heavy atom. The molecule has 9 nitrogen and oxygen atoms in total. The number of anilines is 1. The maximum atomic E-state index is 12.1. The van der Waals surface area contributed by atoms with Gasteiger partial charge in [-0.3, -0.25) is 14.8 Å². The highest BCUT2D eigenvalue weighted by Crippen LogP contribution is 2.28. The summed E-state index contributed by atoms with van der Waals surface area (Å²) in [7, 11) is 3.12. The van der Waals surface area contributed by atoms with Gasteiger partial charge in [0.1, 0.15) is 5.69 Å². The summed E-state index contributed by atoms with van der Waals surface area (Å²) in [5.41, 5.74) is 1.46. The van der Waals surface area contributed by atoms with Crippen molar-refractivity contribution in [2.45, 2.75) is 19.9 Å². The fourth-order valence-electron chi connectivity index (χ4n) is 2.55. The van der Waals surface area contributed by atoms with E-state index >= 15 is 0 Å². The molecule has 0 unspecified atom stereocenters. The van der Waals surface area contributed by atoms with Crippen molar-refractivity contribution in [3.63, 3.8) is 0 Å². The minimum absolute atomic E-state index is 0.00784. The summed E-state index contributed by atoms with van der Waals surface area (Å²) in [5, 5.41) is 14.6. The van der Waals surface area contributed by atoms with Gasteiger partial charge in [-0.1, -0.05) is 11.2 Å². The largest absolute Gasteiger partial charge is 0.493 e. The second-order valence-electron chi connectivity index (χ2n) is 6.10. The van der Waals surface area contributed by atoms with Crippen LogP contribution >= 0.6 is 0 Å². The Kier molecular flexibility index (Phi) is 5.73. The van der Waals surface area contributed by atoms with Gasteiger partial charge in [0.2, 0.25) is 0 Å². The number of nitrogens with one attached hydrogen (secondary N) is 1. The summed E-state index contributed by atoms with van der Waals surface area (Å²) in [6.07, 6.45) is 4.66. The molecule has 28 heavy (non-hydrogen) atoms. The minimum atomic E-state index is -0.401. The molecule has 2 heterocycles. The highest BCUT2D eigenvalue weighted by molar-refractivity contribution is 6.00. The zero-order valence-corrected chi connectivity index (χ0v) is 16.0. The molecule has 1 N–H and O–H groups in total. The Labute approximate surface area is 162 Å². The topological polar surface area (TPSA) is 104 Å². The van der Waals surface area contributed by atoms with Gasteiger partial charge in [-0.15, -0.1) is 5.10 Å². The number of rotatable bonds is 7. The summed E-state index contributed by atoms with van der Waals surface area (Å²) in [5.74, 6) is 1.07. The fourth-order valence-corrected chi connectivity index (χ4v) is 2.55. The van der Waals surface area contributed by atoms with Crippen molar-refractivity contribution in [3.8, 4) is 23.1 Å². The van der Waals surface area contributed by atoms with Crippen molar-refractivity contribution in [2.24, 2.45) is 0 Å². The van der Waals surface area contributed by atoms with E-state index in [0.717, 1.165) is 5.56 Å². The standard InChI is InChI=1S/C19H21N5O4/c1-12(2)24-14(9-10-20-24)18-22-23-19(28-18)21-17(25)8-6-13-5-7-15(26-3)16(11-13)27-4/h5-12H,1-4H3,(H,21,23,25). The monoisotopic (exact) mass is 383 g/mol. The number of hydrogen-bond donors (Lipinski definition) is 1. The molecule has 1 aromatic carbocycles. The molecule has 0 atom stereocenters. The molecule has 3 rings (SSSR count). The van der Waals surface area contributed by atoms with Crippen LogP contribution in [0.15, 0.2) is 41.0 Å². The van der Waals surface area contributed by atoms with Crippen molar-refractivity contribution in [1.29, 1.82) is 0 Å². The van der Waals surface area contributed by atoms with Crippen molar-refractivity contribution >= 4 is 18.0 Å². The zero-order chi connectivity index (χ0) is 20.1. The second-order valence-corrected chi connectivity index (χ2v) is 6.10. The highest BCUT2D eigenvalue weighted by Gasteiger charge is 2.15. The molecule has 0 aliphatic heterocycles. The molecular weight excluding hydrogens is 362 g/mol. The van der Waals surface area contributed by atoms with Crippen LogP contribution in [-0.4, -0.2) is 40.1 Å². The van der Waals surface area contributed by atoms with Gasteiger partial charge in [0.05, 0.1) is 14.2 Å². The van der Waals surface area contributed by atoms with E-state index in [9.17, 15) is 4.79 Å². The van der Waals surface area contributed by atoms with Gasteiger partial charge in [-0.2, -0.15) is 5.10 Å². The van der Waals surface area contributed by atoms with E-state index in [1.807, 2.05) is 19.9 Å². The average Bonchev–Trinajstić information content (AvgIpc) is 3.35. The van der Waals surface area contributed by atoms with Crippen LogP contribution in [0.1, 0.15) is 25.5 Å². The third-order valence-electron chi connectivity index (χ3n) is 3.87. The lowest BCUT2D eigenvalue weighted by Gasteiger charge is -2.07. The number of methoxy groups -OCH3 is 2. The molecule has 0 spiro atoms. The fraction of sp³-hybridized carbons (Fsp3) is 0.263. The first kappa shape index (κ1) is 19.2. The van der Waals surface area contributed by atoms with E-state index in [0.29, 0.717) is 17.2 Å². The van der Waals surface area contributed by atoms with E-state index in [2.05, 4.69) is 20.6 Å². The van der Waals surface area contributed by atoms with E-state index in [1.54, 1.807) is 49.4 Å². The lowest BCUT2D eigenvalue weighted by Crippen LogP contribution is -2.07. The zero-order valence-electron chi connectivity index (χ0n) is 16.0. The third kappa shape index (κ3) is 4.20. The van der Waals surface area contributed by atoms with Crippen molar-refractivity contribution in [1.82, 2.24) is 20.0 Å². The Morgan fingerprint density at radius 3 is 2.68 bits per heavy atom. The lowest BCUT2D eigenvalue weighted by atomic mass is 10.2. The van der Waals surface area contributed by atoms with Crippen LogP contribution in [0, 0.1) is 0 Å². The first-order chi connectivity index (χ1) is 13.5. The molecule has 0 radical (unpaired) electrons. The quantitative estimate of drug-likeness (QED) is 0.625. The maximum Gasteiger partial charge on any atom is 0.322 e. The molecule has 0 bridgehead atoms. The van der Waals surface area contributed by atoms with Gasteiger partial charge in [-0.25, -0.2) is 0 Å². The van der Waals surface area contributed by atoms with Crippen LogP contribution in [-0.2, 0) is 4.79 Å². The number of nitrogens with zero attached hydrogens (tertiary/aromatic N) is 4. The van der Waals surface area contributed by atoms with Crippen molar-refractivity contribution < 1.29 is 18.7 Å². The normalized spacial score (nSPS) is 11.2. The average molecular weight is 383 g/mol. The van der Waals surface area contributed by atoms with Crippen LogP contribution in [0.3, 0.4) is 0 Å². The van der Waals surface area contributed by atoms with Gasteiger partial charge >= 0.3 is 6.01 Å². The molecule has 2 aromatic heterocycles. The third-order valence-corrected chi connectivity index (χ3v) is 3.87. The molecule has 9 heteroatoms. The van der Waals surface area contributed by atoms with Crippen molar-refractivity contribution in [3.05, 3.63) is 42.1 Å². The lowest BCUT2D eigenvalue weighted by molar-refractivity contribution is -0.112. The Morgan fingerprint density at radius 2 is 1.96 bits per heavy atom.